The molecule has 4 bridgehead atoms. The largest absolute Gasteiger partial charge is 0.472 e. The van der Waals surface area contributed by atoms with Gasteiger partial charge in [-0.15, -0.1) is 0 Å². The molecule has 3 fully saturated rings. The van der Waals surface area contributed by atoms with Crippen LogP contribution in [-0.2, 0) is 23.1 Å². The molecule has 314 valence electrons. The highest BCUT2D eigenvalue weighted by atomic mass is 31.2. The standard InChI is InChI=1S/C45H88NO6P/c1-35-11-7-15-39(5)43-23-21-41(31-43)17-9-13-37(3)25-28-49-33-45(34-52-53(47,48)51-30-27-46)50-29-26-38(4)14-10-18-42-22-24-44(32-42)40(6)16-8-12-36(2)20-19-35/h35-45H,7-34,46H2,1-6H3,(H,47,48). The second-order valence-corrected chi connectivity index (χ2v) is 20.5. The molecule has 3 N–H and O–H groups in total. The van der Waals surface area contributed by atoms with E-state index in [4.69, 9.17) is 24.3 Å². The van der Waals surface area contributed by atoms with Gasteiger partial charge in [-0.2, -0.15) is 0 Å². The van der Waals surface area contributed by atoms with Crippen LogP contribution in [0.5, 0.6) is 0 Å². The number of ether oxygens (including phenoxy) is 2. The number of hydrogen-bond acceptors (Lipinski definition) is 6. The Hall–Kier alpha value is -0.0100. The van der Waals surface area contributed by atoms with Gasteiger partial charge in [-0.3, -0.25) is 9.05 Å². The van der Waals surface area contributed by atoms with Crippen molar-refractivity contribution in [2.45, 2.75) is 189 Å². The van der Waals surface area contributed by atoms with E-state index in [2.05, 4.69) is 41.5 Å². The SMILES string of the molecule is CC1CCCC2CCC(C2)C(C)CCCC(C)CCC(C)CCCC(C)C2CCC(CCCC(C)CCOC(COP(=O)(O)OCCN)COCC1)C2. The molecular weight excluding hydrogens is 681 g/mol. The summed E-state index contributed by atoms with van der Waals surface area (Å²) in [5, 5.41) is 0. The van der Waals surface area contributed by atoms with Crippen molar-refractivity contribution in [3.8, 4) is 0 Å². The fraction of sp³-hybridized carbons (Fsp3) is 1.00. The zero-order valence-electron chi connectivity index (χ0n) is 35.7. The Balaban J connectivity index is 1.49. The highest BCUT2D eigenvalue weighted by Gasteiger charge is 2.30. The van der Waals surface area contributed by atoms with Crippen LogP contribution in [0.25, 0.3) is 0 Å². The molecule has 7 nitrogen and oxygen atoms in total. The van der Waals surface area contributed by atoms with Crippen LogP contribution in [0.1, 0.15) is 183 Å². The first-order valence-corrected chi connectivity index (χ1v) is 24.4. The first-order chi connectivity index (χ1) is 25.4. The minimum absolute atomic E-state index is 0.0229. The quantitative estimate of drug-likeness (QED) is 0.259. The second kappa shape index (κ2) is 26.8. The fourth-order valence-corrected chi connectivity index (χ4v) is 10.7. The normalized spacial score (nSPS) is 38.1. The van der Waals surface area contributed by atoms with Gasteiger partial charge in [0, 0.05) is 19.8 Å². The van der Waals surface area contributed by atoms with Gasteiger partial charge in [0.15, 0.2) is 0 Å². The summed E-state index contributed by atoms with van der Waals surface area (Å²) in [6.45, 7) is 16.5. The zero-order chi connectivity index (χ0) is 38.5. The average molecular weight is 770 g/mol. The minimum Gasteiger partial charge on any atom is -0.379 e. The molecule has 0 spiro atoms. The van der Waals surface area contributed by atoms with E-state index in [-0.39, 0.29) is 19.8 Å². The van der Waals surface area contributed by atoms with E-state index in [0.29, 0.717) is 31.7 Å². The molecule has 0 aromatic carbocycles. The third-order valence-electron chi connectivity index (χ3n) is 14.1. The maximum Gasteiger partial charge on any atom is 0.472 e. The fourth-order valence-electron chi connectivity index (χ4n) is 9.95. The molecule has 2 saturated carbocycles. The van der Waals surface area contributed by atoms with E-state index in [9.17, 15) is 9.46 Å². The lowest BCUT2D eigenvalue weighted by molar-refractivity contribution is -0.0475. The van der Waals surface area contributed by atoms with Crippen molar-refractivity contribution in [3.63, 3.8) is 0 Å². The van der Waals surface area contributed by atoms with Crippen molar-refractivity contribution in [1.82, 2.24) is 0 Å². The Kier molecular flexibility index (Phi) is 24.0. The maximum atomic E-state index is 12.3. The Morgan fingerprint density at radius 2 is 1.06 bits per heavy atom. The lowest BCUT2D eigenvalue weighted by Gasteiger charge is -2.22. The summed E-state index contributed by atoms with van der Waals surface area (Å²) in [5.41, 5.74) is 5.45. The average Bonchev–Trinajstić information content (AvgIpc) is 3.80. The third kappa shape index (κ3) is 20.8. The molecule has 0 radical (unpaired) electrons. The van der Waals surface area contributed by atoms with Crippen LogP contribution >= 0.6 is 7.82 Å². The summed E-state index contributed by atoms with van der Waals surface area (Å²) < 4.78 is 34.8. The van der Waals surface area contributed by atoms with E-state index in [0.717, 1.165) is 60.2 Å². The summed E-state index contributed by atoms with van der Waals surface area (Å²) in [7, 11) is -4.17. The predicted octanol–water partition coefficient (Wildman–Crippen LogP) is 12.4. The first-order valence-electron chi connectivity index (χ1n) is 22.9. The summed E-state index contributed by atoms with van der Waals surface area (Å²) in [4.78, 5) is 10.1. The molecule has 1 saturated heterocycles. The van der Waals surface area contributed by atoms with E-state index in [1.54, 1.807) is 0 Å². The predicted molar refractivity (Wildman–Crippen MR) is 222 cm³/mol. The number of hydrogen-bond donors (Lipinski definition) is 2. The van der Waals surface area contributed by atoms with E-state index in [1.165, 1.54) is 128 Å². The Bertz CT molecular complexity index is 969. The van der Waals surface area contributed by atoms with Gasteiger partial charge in [-0.1, -0.05) is 144 Å². The molecule has 0 amide bonds. The Morgan fingerprint density at radius 3 is 1.57 bits per heavy atom. The first kappa shape index (κ1) is 47.4. The molecule has 3 aliphatic rings. The zero-order valence-corrected chi connectivity index (χ0v) is 36.6. The van der Waals surface area contributed by atoms with Gasteiger partial charge in [0.1, 0.15) is 6.10 Å². The smallest absolute Gasteiger partial charge is 0.379 e. The summed E-state index contributed by atoms with van der Waals surface area (Å²) in [5.74, 6) is 8.41. The lowest BCUT2D eigenvalue weighted by Crippen LogP contribution is -2.27. The molecular formula is C45H88NO6P. The van der Waals surface area contributed by atoms with Gasteiger partial charge in [0.25, 0.3) is 0 Å². The van der Waals surface area contributed by atoms with Gasteiger partial charge < -0.3 is 20.1 Å². The van der Waals surface area contributed by atoms with Crippen molar-refractivity contribution in [2.24, 2.45) is 64.9 Å². The van der Waals surface area contributed by atoms with Crippen LogP contribution in [-0.4, -0.2) is 50.6 Å². The van der Waals surface area contributed by atoms with Crippen LogP contribution in [0.15, 0.2) is 0 Å². The number of phosphoric acid groups is 1. The molecule has 1 aliphatic heterocycles. The van der Waals surface area contributed by atoms with E-state index < -0.39 is 13.9 Å². The van der Waals surface area contributed by atoms with Crippen LogP contribution in [0.2, 0.25) is 0 Å². The molecule has 0 aromatic heterocycles. The van der Waals surface area contributed by atoms with Gasteiger partial charge in [0.2, 0.25) is 0 Å². The second-order valence-electron chi connectivity index (χ2n) is 19.1. The molecule has 3 rings (SSSR count). The monoisotopic (exact) mass is 770 g/mol. The van der Waals surface area contributed by atoms with Crippen molar-refractivity contribution in [2.75, 3.05) is 39.6 Å². The van der Waals surface area contributed by atoms with Gasteiger partial charge in [-0.05, 0) is 97.7 Å². The van der Waals surface area contributed by atoms with Crippen LogP contribution < -0.4 is 5.73 Å². The van der Waals surface area contributed by atoms with Crippen LogP contribution in [0.4, 0.5) is 0 Å². The maximum absolute atomic E-state index is 12.3. The molecule has 0 aromatic rings. The van der Waals surface area contributed by atoms with Crippen molar-refractivity contribution in [1.29, 1.82) is 0 Å². The Morgan fingerprint density at radius 1 is 0.585 bits per heavy atom. The Labute approximate surface area is 328 Å². The van der Waals surface area contributed by atoms with Gasteiger partial charge in [0.05, 0.1) is 19.8 Å². The number of nitrogens with two attached hydrogens (primary N) is 1. The highest BCUT2D eigenvalue weighted by Crippen LogP contribution is 2.44. The molecule has 12 atom stereocenters. The van der Waals surface area contributed by atoms with Crippen molar-refractivity contribution >= 4 is 7.82 Å². The number of rotatable bonds is 6. The van der Waals surface area contributed by atoms with Gasteiger partial charge in [-0.25, -0.2) is 4.57 Å². The third-order valence-corrected chi connectivity index (χ3v) is 15.1. The molecule has 2 aliphatic carbocycles. The van der Waals surface area contributed by atoms with Crippen LogP contribution in [0, 0.1) is 59.2 Å². The highest BCUT2D eigenvalue weighted by molar-refractivity contribution is 7.47. The molecule has 53 heavy (non-hydrogen) atoms. The molecule has 8 heteroatoms. The summed E-state index contributed by atoms with van der Waals surface area (Å²) in [6, 6.07) is 0. The number of fused-ring (bicyclic) bond motifs is 4. The lowest BCUT2D eigenvalue weighted by atomic mass is 9.84. The minimum atomic E-state index is -4.17. The number of phosphoric ester groups is 1. The van der Waals surface area contributed by atoms with Gasteiger partial charge >= 0.3 is 7.82 Å². The molecule has 12 unspecified atom stereocenters. The molecule has 1 heterocycles. The topological polar surface area (TPSA) is 100 Å². The van der Waals surface area contributed by atoms with Crippen molar-refractivity contribution < 1.29 is 28.0 Å². The van der Waals surface area contributed by atoms with Crippen molar-refractivity contribution in [3.05, 3.63) is 0 Å². The van der Waals surface area contributed by atoms with E-state index >= 15 is 0 Å². The van der Waals surface area contributed by atoms with Crippen LogP contribution in [0.3, 0.4) is 0 Å². The van der Waals surface area contributed by atoms with E-state index in [1.807, 2.05) is 0 Å². The summed E-state index contributed by atoms with van der Waals surface area (Å²) in [6.07, 6.45) is 29.4. The summed E-state index contributed by atoms with van der Waals surface area (Å²) >= 11 is 0.